The van der Waals surface area contributed by atoms with Gasteiger partial charge in [0.25, 0.3) is 0 Å². The summed E-state index contributed by atoms with van der Waals surface area (Å²) in [7, 11) is 0. The van der Waals surface area contributed by atoms with E-state index >= 15 is 0 Å². The van der Waals surface area contributed by atoms with E-state index < -0.39 is 0 Å². The van der Waals surface area contributed by atoms with E-state index in [1.165, 1.54) is 11.8 Å². The molecule has 0 unspecified atom stereocenters. The van der Waals surface area contributed by atoms with Crippen molar-refractivity contribution in [3.05, 3.63) is 0 Å². The molecule has 3 heteroatoms. The molecule has 0 N–H and O–H groups in total. The van der Waals surface area contributed by atoms with E-state index in [-0.39, 0.29) is 0 Å². The topological polar surface area (TPSA) is 17.1 Å². The number of terminal acetylenes is 1. The zero-order chi connectivity index (χ0) is 8.53. The summed E-state index contributed by atoms with van der Waals surface area (Å²) in [5.41, 5.74) is 0. The molecule has 0 rings (SSSR count). The van der Waals surface area contributed by atoms with E-state index in [9.17, 15) is 4.21 Å². The Kier molecular flexibility index (Phi) is 7.76. The zero-order valence-corrected chi connectivity index (χ0v) is 8.26. The van der Waals surface area contributed by atoms with Gasteiger partial charge in [0.1, 0.15) is 0 Å². The van der Waals surface area contributed by atoms with Crippen LogP contribution in [0.2, 0.25) is 0 Å². The van der Waals surface area contributed by atoms with Crippen molar-refractivity contribution in [3.63, 3.8) is 0 Å². The Morgan fingerprint density at radius 2 is 2.36 bits per heavy atom. The molecule has 0 bridgehead atoms. The van der Waals surface area contributed by atoms with Gasteiger partial charge in [-0.2, -0.15) is 0 Å². The summed E-state index contributed by atoms with van der Waals surface area (Å²) in [5, 5.41) is 0. The van der Waals surface area contributed by atoms with Gasteiger partial charge in [-0.15, -0.1) is 18.2 Å². The number of thioether (sulfide) groups is 1. The molecule has 0 aliphatic carbocycles. The van der Waals surface area contributed by atoms with E-state index in [1.54, 1.807) is 0 Å². The van der Waals surface area contributed by atoms with Crippen molar-refractivity contribution in [2.45, 2.75) is 26.2 Å². The molecule has 0 fully saturated rings. The lowest BCUT2D eigenvalue weighted by molar-refractivity contribution is 0.700. The van der Waals surface area contributed by atoms with Crippen LogP contribution in [0.3, 0.4) is 0 Å². The summed E-state index contributed by atoms with van der Waals surface area (Å²) in [4.78, 5) is 0. The van der Waals surface area contributed by atoms with Crippen LogP contribution in [-0.2, 0) is 11.3 Å². The maximum atomic E-state index is 10.4. The zero-order valence-electron chi connectivity index (χ0n) is 6.63. The third-order valence-corrected chi connectivity index (χ3v) is 2.93. The van der Waals surface area contributed by atoms with Gasteiger partial charge in [0.15, 0.2) is 0 Å². The molecule has 11 heavy (non-hydrogen) atoms. The molecular formula is C8H12OS2. The van der Waals surface area contributed by atoms with Gasteiger partial charge in [-0.1, -0.05) is 19.3 Å². The maximum Gasteiger partial charge on any atom is 0.0990 e. The molecule has 0 aromatic rings. The van der Waals surface area contributed by atoms with Crippen LogP contribution in [0.5, 0.6) is 0 Å². The normalized spacial score (nSPS) is 8.73. The van der Waals surface area contributed by atoms with Gasteiger partial charge in [0.05, 0.1) is 21.2 Å². The highest BCUT2D eigenvalue weighted by molar-refractivity contribution is 8.21. The standard InChI is InChI=1S/C8H12OS2/c1-3-5-6-8(11-9)10-7-4-2/h2H,3,5-7H2,1H3. The Hall–Kier alpha value is -0.200. The third kappa shape index (κ3) is 6.21. The average Bonchev–Trinajstić information content (AvgIpc) is 2.05. The predicted octanol–water partition coefficient (Wildman–Crippen LogP) is 1.89. The minimum Gasteiger partial charge on any atom is -0.212 e. The minimum absolute atomic E-state index is 0.584. The van der Waals surface area contributed by atoms with E-state index in [4.69, 9.17) is 6.42 Å². The molecule has 0 heterocycles. The van der Waals surface area contributed by atoms with Crippen LogP contribution in [-0.4, -0.2) is 14.2 Å². The van der Waals surface area contributed by atoms with Gasteiger partial charge >= 0.3 is 0 Å². The Balaban J connectivity index is 3.62. The molecule has 0 aliphatic rings. The minimum atomic E-state index is 0.584. The molecule has 1 nitrogen and oxygen atoms in total. The quantitative estimate of drug-likeness (QED) is 0.495. The molecule has 0 aromatic heterocycles. The van der Waals surface area contributed by atoms with Crippen molar-refractivity contribution in [1.82, 2.24) is 0 Å². The lowest BCUT2D eigenvalue weighted by Crippen LogP contribution is -1.92. The summed E-state index contributed by atoms with van der Waals surface area (Å²) in [6.07, 6.45) is 8.18. The second-order valence-electron chi connectivity index (χ2n) is 2.05. The van der Waals surface area contributed by atoms with Crippen molar-refractivity contribution < 1.29 is 4.21 Å². The maximum absolute atomic E-state index is 10.4. The number of rotatable bonds is 4. The molecule has 0 amide bonds. The first kappa shape index (κ1) is 10.8. The second kappa shape index (κ2) is 7.90. The Labute approximate surface area is 76.0 Å². The van der Waals surface area contributed by atoms with Crippen molar-refractivity contribution in [3.8, 4) is 12.3 Å². The van der Waals surface area contributed by atoms with Gasteiger partial charge < -0.3 is 0 Å². The molecule has 0 saturated heterocycles. The van der Waals surface area contributed by atoms with Crippen LogP contribution in [0.25, 0.3) is 0 Å². The summed E-state index contributed by atoms with van der Waals surface area (Å²) >= 11 is 2.08. The van der Waals surface area contributed by atoms with Crippen LogP contribution in [0.4, 0.5) is 0 Å². The first-order valence-corrected chi connectivity index (χ1v) is 5.29. The van der Waals surface area contributed by atoms with Gasteiger partial charge in [-0.05, 0) is 12.8 Å². The lowest BCUT2D eigenvalue weighted by Gasteiger charge is -1.96. The highest BCUT2D eigenvalue weighted by Gasteiger charge is 1.96. The molecule has 0 aromatic carbocycles. The van der Waals surface area contributed by atoms with Gasteiger partial charge in [-0.3, -0.25) is 0 Å². The fourth-order valence-electron chi connectivity index (χ4n) is 0.581. The van der Waals surface area contributed by atoms with Crippen molar-refractivity contribution in [1.29, 1.82) is 0 Å². The highest BCUT2D eigenvalue weighted by Crippen LogP contribution is 2.08. The second-order valence-corrected chi connectivity index (χ2v) is 4.04. The molecule has 62 valence electrons. The van der Waals surface area contributed by atoms with Crippen molar-refractivity contribution >= 4 is 27.2 Å². The number of hydrogen-bond acceptors (Lipinski definition) is 2. The van der Waals surface area contributed by atoms with E-state index in [0.717, 1.165) is 23.5 Å². The molecule has 0 radical (unpaired) electrons. The van der Waals surface area contributed by atoms with Crippen LogP contribution in [0, 0.1) is 12.3 Å². The molecule has 0 atom stereocenters. The number of hydrogen-bond donors (Lipinski definition) is 0. The Morgan fingerprint density at radius 3 is 2.82 bits per heavy atom. The monoisotopic (exact) mass is 188 g/mol. The van der Waals surface area contributed by atoms with E-state index in [1.807, 2.05) is 0 Å². The molecule has 0 spiro atoms. The molecular weight excluding hydrogens is 176 g/mol. The van der Waals surface area contributed by atoms with E-state index in [0.29, 0.717) is 17.0 Å². The largest absolute Gasteiger partial charge is 0.212 e. The summed E-state index contributed by atoms with van der Waals surface area (Å²) in [6, 6.07) is 0. The first-order chi connectivity index (χ1) is 5.35. The predicted molar refractivity (Wildman–Crippen MR) is 54.0 cm³/mol. The van der Waals surface area contributed by atoms with Crippen molar-refractivity contribution in [2.75, 3.05) is 5.75 Å². The number of unbranched alkanes of at least 4 members (excludes halogenated alkanes) is 1. The SMILES string of the molecule is C#CCSC(CCCC)=S=O. The van der Waals surface area contributed by atoms with Crippen LogP contribution >= 0.6 is 11.8 Å². The summed E-state index contributed by atoms with van der Waals surface area (Å²) in [6.45, 7) is 2.11. The third-order valence-electron chi connectivity index (χ3n) is 1.14. The van der Waals surface area contributed by atoms with Crippen LogP contribution in [0.15, 0.2) is 0 Å². The molecule has 0 aliphatic heterocycles. The summed E-state index contributed by atoms with van der Waals surface area (Å²) in [5.74, 6) is 3.12. The van der Waals surface area contributed by atoms with Gasteiger partial charge in [0.2, 0.25) is 0 Å². The summed E-state index contributed by atoms with van der Waals surface area (Å²) < 4.78 is 11.4. The molecule has 0 saturated carbocycles. The first-order valence-electron chi connectivity index (χ1n) is 3.57. The smallest absolute Gasteiger partial charge is 0.0990 e. The highest BCUT2D eigenvalue weighted by atomic mass is 32.2. The fraction of sp³-hybridized carbons (Fsp3) is 0.625. The van der Waals surface area contributed by atoms with Gasteiger partial charge in [-0.25, -0.2) is 4.21 Å². The Morgan fingerprint density at radius 1 is 1.64 bits per heavy atom. The van der Waals surface area contributed by atoms with Gasteiger partial charge in [0, 0.05) is 0 Å². The fourth-order valence-corrected chi connectivity index (χ4v) is 1.71. The van der Waals surface area contributed by atoms with Crippen LogP contribution in [0.1, 0.15) is 26.2 Å². The van der Waals surface area contributed by atoms with E-state index in [2.05, 4.69) is 12.8 Å². The van der Waals surface area contributed by atoms with Crippen LogP contribution < -0.4 is 0 Å². The van der Waals surface area contributed by atoms with Crippen molar-refractivity contribution in [2.24, 2.45) is 0 Å². The average molecular weight is 188 g/mol. The lowest BCUT2D eigenvalue weighted by atomic mass is 10.3. The Bertz CT molecular complexity index is 187.